The molecule has 1 amide bonds. The monoisotopic (exact) mass is 265 g/mol. The van der Waals surface area contributed by atoms with Gasteiger partial charge in [-0.1, -0.05) is 12.1 Å². The van der Waals surface area contributed by atoms with Crippen LogP contribution in [-0.4, -0.2) is 24.1 Å². The van der Waals surface area contributed by atoms with Crippen molar-refractivity contribution in [1.29, 1.82) is 0 Å². The van der Waals surface area contributed by atoms with Gasteiger partial charge < -0.3 is 15.2 Å². The summed E-state index contributed by atoms with van der Waals surface area (Å²) in [6.07, 6.45) is 0. The first kappa shape index (κ1) is 15.0. The van der Waals surface area contributed by atoms with Crippen LogP contribution in [0.3, 0.4) is 0 Å². The molecule has 1 aromatic rings. The molecule has 0 bridgehead atoms. The van der Waals surface area contributed by atoms with Gasteiger partial charge in [-0.2, -0.15) is 0 Å². The second kappa shape index (κ2) is 6.22. The van der Waals surface area contributed by atoms with Gasteiger partial charge >= 0.3 is 5.97 Å². The number of methoxy groups -OCH3 is 1. The second-order valence-electron chi connectivity index (χ2n) is 4.54. The molecular formula is C14H19NO4. The lowest BCUT2D eigenvalue weighted by atomic mass is 10.1. The fraction of sp³-hybridized carbons (Fsp3) is 0.429. The van der Waals surface area contributed by atoms with Crippen molar-refractivity contribution < 1.29 is 19.4 Å². The molecule has 0 aliphatic heterocycles. The smallest absolute Gasteiger partial charge is 0.315 e. The predicted octanol–water partition coefficient (Wildman–Crippen LogP) is 1.65. The molecule has 1 rings (SSSR count). The van der Waals surface area contributed by atoms with Gasteiger partial charge in [-0.25, -0.2) is 0 Å². The maximum absolute atomic E-state index is 11.5. The minimum atomic E-state index is -1.13. The van der Waals surface area contributed by atoms with Crippen LogP contribution in [0.5, 0.6) is 5.75 Å². The van der Waals surface area contributed by atoms with Crippen molar-refractivity contribution in [2.45, 2.75) is 27.3 Å². The first-order chi connectivity index (χ1) is 8.86. The van der Waals surface area contributed by atoms with Gasteiger partial charge in [0.05, 0.1) is 7.11 Å². The third-order valence-electron chi connectivity index (χ3n) is 2.95. The minimum absolute atomic E-state index is 0.308. The highest BCUT2D eigenvalue weighted by Gasteiger charge is 2.19. The zero-order chi connectivity index (χ0) is 14.6. The van der Waals surface area contributed by atoms with E-state index < -0.39 is 17.8 Å². The third-order valence-corrected chi connectivity index (χ3v) is 2.95. The normalized spacial score (nSPS) is 11.8. The first-order valence-corrected chi connectivity index (χ1v) is 6.01. The number of carboxylic acids is 1. The number of carboxylic acid groups (broad SMARTS) is 1. The quantitative estimate of drug-likeness (QED) is 0.794. The predicted molar refractivity (Wildman–Crippen MR) is 71.1 cm³/mol. The van der Waals surface area contributed by atoms with Crippen molar-refractivity contribution in [3.8, 4) is 5.75 Å². The van der Waals surface area contributed by atoms with Gasteiger partial charge in [-0.3, -0.25) is 9.59 Å². The molecule has 0 aromatic heterocycles. The molecule has 0 fully saturated rings. The molecule has 2 N–H and O–H groups in total. The van der Waals surface area contributed by atoms with Gasteiger partial charge in [-0.15, -0.1) is 0 Å². The standard InChI is InChI=1S/C14H19NO4/c1-8-5-11(6-9(2)12(8)19-4)7-15-13(16)10(3)14(17)18/h5-6,10H,7H2,1-4H3,(H,15,16)(H,17,18). The van der Waals surface area contributed by atoms with Crippen molar-refractivity contribution >= 4 is 11.9 Å². The topological polar surface area (TPSA) is 75.6 Å². The van der Waals surface area contributed by atoms with Crippen LogP contribution in [0.15, 0.2) is 12.1 Å². The van der Waals surface area contributed by atoms with Crippen molar-refractivity contribution in [3.63, 3.8) is 0 Å². The average molecular weight is 265 g/mol. The Labute approximate surface area is 112 Å². The molecule has 1 atom stereocenters. The second-order valence-corrected chi connectivity index (χ2v) is 4.54. The molecule has 0 radical (unpaired) electrons. The Morgan fingerprint density at radius 1 is 1.32 bits per heavy atom. The Morgan fingerprint density at radius 2 is 1.84 bits per heavy atom. The third kappa shape index (κ3) is 3.71. The molecule has 0 saturated heterocycles. The summed E-state index contributed by atoms with van der Waals surface area (Å²) in [6, 6.07) is 3.83. The maximum atomic E-state index is 11.5. The van der Waals surface area contributed by atoms with Crippen molar-refractivity contribution in [2.24, 2.45) is 5.92 Å². The number of carbonyl (C=O) groups excluding carboxylic acids is 1. The molecular weight excluding hydrogens is 246 g/mol. The van der Waals surface area contributed by atoms with Crippen LogP contribution in [-0.2, 0) is 16.1 Å². The highest BCUT2D eigenvalue weighted by Crippen LogP contribution is 2.24. The van der Waals surface area contributed by atoms with Gasteiger partial charge in [0.2, 0.25) is 5.91 Å². The van der Waals surface area contributed by atoms with Crippen LogP contribution >= 0.6 is 0 Å². The van der Waals surface area contributed by atoms with E-state index in [4.69, 9.17) is 9.84 Å². The van der Waals surface area contributed by atoms with Crippen LogP contribution in [0.25, 0.3) is 0 Å². The van der Waals surface area contributed by atoms with E-state index in [0.29, 0.717) is 6.54 Å². The lowest BCUT2D eigenvalue weighted by Crippen LogP contribution is -2.33. The minimum Gasteiger partial charge on any atom is -0.496 e. The number of nitrogens with one attached hydrogen (secondary N) is 1. The van der Waals surface area contributed by atoms with Crippen LogP contribution in [0.1, 0.15) is 23.6 Å². The van der Waals surface area contributed by atoms with Crippen LogP contribution < -0.4 is 10.1 Å². The molecule has 1 unspecified atom stereocenters. The number of carbonyl (C=O) groups is 2. The summed E-state index contributed by atoms with van der Waals surface area (Å²) < 4.78 is 5.26. The molecule has 0 heterocycles. The van der Waals surface area contributed by atoms with Crippen molar-refractivity contribution in [3.05, 3.63) is 28.8 Å². The molecule has 104 valence electrons. The fourth-order valence-electron chi connectivity index (χ4n) is 1.92. The summed E-state index contributed by atoms with van der Waals surface area (Å²) in [4.78, 5) is 22.2. The van der Waals surface area contributed by atoms with E-state index in [1.54, 1.807) is 7.11 Å². The summed E-state index contributed by atoms with van der Waals surface area (Å²) in [7, 11) is 1.62. The molecule has 5 nitrogen and oxygen atoms in total. The molecule has 0 spiro atoms. The Kier molecular flexibility index (Phi) is 4.92. The Morgan fingerprint density at radius 3 is 2.26 bits per heavy atom. The summed E-state index contributed by atoms with van der Waals surface area (Å²) in [5.41, 5.74) is 2.89. The largest absolute Gasteiger partial charge is 0.496 e. The van der Waals surface area contributed by atoms with Gasteiger partial charge in [0.15, 0.2) is 0 Å². The fourth-order valence-corrected chi connectivity index (χ4v) is 1.92. The molecule has 0 aliphatic carbocycles. The molecule has 1 aromatic carbocycles. The lowest BCUT2D eigenvalue weighted by molar-refractivity contribution is -0.146. The number of hydrogen-bond acceptors (Lipinski definition) is 3. The highest BCUT2D eigenvalue weighted by atomic mass is 16.5. The van der Waals surface area contributed by atoms with Crippen LogP contribution in [0, 0.1) is 19.8 Å². The van der Waals surface area contributed by atoms with E-state index in [1.165, 1.54) is 6.92 Å². The van der Waals surface area contributed by atoms with E-state index >= 15 is 0 Å². The summed E-state index contributed by atoms with van der Waals surface area (Å²) >= 11 is 0. The summed E-state index contributed by atoms with van der Waals surface area (Å²) in [6.45, 7) is 5.53. The molecule has 5 heteroatoms. The van der Waals surface area contributed by atoms with E-state index in [-0.39, 0.29) is 0 Å². The van der Waals surface area contributed by atoms with E-state index in [0.717, 1.165) is 22.4 Å². The zero-order valence-electron chi connectivity index (χ0n) is 11.6. The van der Waals surface area contributed by atoms with E-state index in [9.17, 15) is 9.59 Å². The van der Waals surface area contributed by atoms with E-state index in [2.05, 4.69) is 5.32 Å². The molecule has 0 saturated carbocycles. The Balaban J connectivity index is 2.74. The van der Waals surface area contributed by atoms with Gasteiger partial charge in [-0.05, 0) is 37.5 Å². The van der Waals surface area contributed by atoms with Gasteiger partial charge in [0.25, 0.3) is 0 Å². The number of rotatable bonds is 5. The number of aliphatic carboxylic acids is 1. The number of ether oxygens (including phenoxy) is 1. The van der Waals surface area contributed by atoms with Crippen molar-refractivity contribution in [2.75, 3.05) is 7.11 Å². The van der Waals surface area contributed by atoms with Crippen LogP contribution in [0.2, 0.25) is 0 Å². The highest BCUT2D eigenvalue weighted by molar-refractivity contribution is 5.96. The molecule has 19 heavy (non-hydrogen) atoms. The summed E-state index contributed by atoms with van der Waals surface area (Å²) in [5, 5.41) is 11.3. The Bertz CT molecular complexity index is 473. The number of aryl methyl sites for hydroxylation is 2. The van der Waals surface area contributed by atoms with Gasteiger partial charge in [0, 0.05) is 6.54 Å². The van der Waals surface area contributed by atoms with E-state index in [1.807, 2.05) is 26.0 Å². The molecule has 0 aliphatic rings. The lowest BCUT2D eigenvalue weighted by Gasteiger charge is -2.13. The number of amides is 1. The zero-order valence-corrected chi connectivity index (χ0v) is 11.6. The van der Waals surface area contributed by atoms with Crippen molar-refractivity contribution in [1.82, 2.24) is 5.32 Å². The summed E-state index contributed by atoms with van der Waals surface area (Å²) in [5.74, 6) is -1.83. The van der Waals surface area contributed by atoms with Crippen LogP contribution in [0.4, 0.5) is 0 Å². The maximum Gasteiger partial charge on any atom is 0.315 e. The SMILES string of the molecule is COc1c(C)cc(CNC(=O)C(C)C(=O)O)cc1C. The Hall–Kier alpha value is -2.04. The first-order valence-electron chi connectivity index (χ1n) is 6.01. The number of hydrogen-bond donors (Lipinski definition) is 2. The van der Waals surface area contributed by atoms with Gasteiger partial charge in [0.1, 0.15) is 11.7 Å². The number of benzene rings is 1. The average Bonchev–Trinajstić information content (AvgIpc) is 2.34.